The number of hydrogen-bond acceptors (Lipinski definition) is 3. The number of hydrogen-bond donors (Lipinski definition) is 0. The van der Waals surface area contributed by atoms with Crippen molar-refractivity contribution in [3.8, 4) is 5.75 Å². The molecule has 1 aromatic rings. The number of nitrogens with zero attached hydrogens (tertiary/aromatic N) is 2. The highest BCUT2D eigenvalue weighted by Gasteiger charge is 2.37. The molecule has 2 amide bonds. The molecule has 0 spiro atoms. The van der Waals surface area contributed by atoms with Crippen LogP contribution < -0.4 is 9.64 Å². The third-order valence-corrected chi connectivity index (χ3v) is 5.81. The molecular formula is C21H29ClN2O3. The van der Waals surface area contributed by atoms with Crippen LogP contribution in [0.5, 0.6) is 5.75 Å². The van der Waals surface area contributed by atoms with E-state index in [-0.39, 0.29) is 17.7 Å². The predicted molar refractivity (Wildman–Crippen MR) is 107 cm³/mol. The number of amides is 2. The molecule has 1 aromatic carbocycles. The summed E-state index contributed by atoms with van der Waals surface area (Å²) < 4.78 is 5.52. The summed E-state index contributed by atoms with van der Waals surface area (Å²) in [5.74, 6) is 0.683. The molecule has 1 fully saturated rings. The number of benzene rings is 1. The van der Waals surface area contributed by atoms with Gasteiger partial charge in [-0.1, -0.05) is 32.4 Å². The van der Waals surface area contributed by atoms with Crippen molar-refractivity contribution in [3.63, 3.8) is 0 Å². The summed E-state index contributed by atoms with van der Waals surface area (Å²) in [6.45, 7) is 7.65. The van der Waals surface area contributed by atoms with Gasteiger partial charge in [0.05, 0.1) is 18.7 Å². The molecule has 2 aliphatic heterocycles. The molecule has 0 N–H and O–H groups in total. The second-order valence-corrected chi connectivity index (χ2v) is 8.92. The van der Waals surface area contributed by atoms with E-state index in [1.807, 2.05) is 42.7 Å². The third kappa shape index (κ3) is 3.93. The standard InChI is InChI=1S/C21H29ClN2O3/c1-21(2,3)20(26)23-11-5-7-14(13-23)19(25)24-12-6-8-15-16(22)9-10-17(27-4)18(15)24/h9-10,14H,5-8,11-13H2,1-4H3. The van der Waals surface area contributed by atoms with Crippen molar-refractivity contribution >= 4 is 29.1 Å². The van der Waals surface area contributed by atoms with Gasteiger partial charge in [0, 0.05) is 30.1 Å². The highest BCUT2D eigenvalue weighted by atomic mass is 35.5. The zero-order valence-corrected chi connectivity index (χ0v) is 17.4. The Kier molecular flexibility index (Phi) is 5.71. The maximum Gasteiger partial charge on any atom is 0.232 e. The number of rotatable bonds is 2. The van der Waals surface area contributed by atoms with E-state index in [0.717, 1.165) is 43.5 Å². The van der Waals surface area contributed by atoms with Crippen LogP contribution >= 0.6 is 11.6 Å². The van der Waals surface area contributed by atoms with Crippen LogP contribution in [0.4, 0.5) is 5.69 Å². The molecule has 0 radical (unpaired) electrons. The Hall–Kier alpha value is -1.75. The molecule has 0 bridgehead atoms. The lowest BCUT2D eigenvalue weighted by Gasteiger charge is -2.39. The minimum absolute atomic E-state index is 0.0722. The Labute approximate surface area is 166 Å². The fourth-order valence-corrected chi connectivity index (χ4v) is 4.34. The number of ether oxygens (including phenoxy) is 1. The highest BCUT2D eigenvalue weighted by Crippen LogP contribution is 2.41. The lowest BCUT2D eigenvalue weighted by Crippen LogP contribution is -2.50. The average molecular weight is 393 g/mol. The van der Waals surface area contributed by atoms with Gasteiger partial charge in [-0.2, -0.15) is 0 Å². The fraction of sp³-hybridized carbons (Fsp3) is 0.619. The summed E-state index contributed by atoms with van der Waals surface area (Å²) in [5, 5.41) is 0.677. The van der Waals surface area contributed by atoms with E-state index in [0.29, 0.717) is 23.9 Å². The molecule has 148 valence electrons. The quantitative estimate of drug-likeness (QED) is 0.766. The Morgan fingerprint density at radius 3 is 2.59 bits per heavy atom. The van der Waals surface area contributed by atoms with E-state index < -0.39 is 5.41 Å². The largest absolute Gasteiger partial charge is 0.495 e. The first-order chi connectivity index (χ1) is 12.7. The van der Waals surface area contributed by atoms with Gasteiger partial charge in [-0.25, -0.2) is 0 Å². The van der Waals surface area contributed by atoms with Gasteiger partial charge in [-0.3, -0.25) is 9.59 Å². The number of carbonyl (C=O) groups is 2. The Bertz CT molecular complexity index is 742. The number of methoxy groups -OCH3 is 1. The second-order valence-electron chi connectivity index (χ2n) is 8.51. The first-order valence-corrected chi connectivity index (χ1v) is 10.1. The monoisotopic (exact) mass is 392 g/mol. The van der Waals surface area contributed by atoms with Crippen molar-refractivity contribution in [2.75, 3.05) is 31.6 Å². The third-order valence-electron chi connectivity index (χ3n) is 5.45. The summed E-state index contributed by atoms with van der Waals surface area (Å²) in [6.07, 6.45) is 3.38. The summed E-state index contributed by atoms with van der Waals surface area (Å²) in [4.78, 5) is 29.8. The summed E-state index contributed by atoms with van der Waals surface area (Å²) in [5.41, 5.74) is 1.36. The van der Waals surface area contributed by atoms with E-state index in [4.69, 9.17) is 16.3 Å². The molecule has 0 saturated carbocycles. The van der Waals surface area contributed by atoms with Gasteiger partial charge in [-0.05, 0) is 43.4 Å². The van der Waals surface area contributed by atoms with Crippen LogP contribution in [0, 0.1) is 11.3 Å². The van der Waals surface area contributed by atoms with Gasteiger partial charge in [0.25, 0.3) is 0 Å². The van der Waals surface area contributed by atoms with E-state index in [2.05, 4.69) is 0 Å². The molecule has 1 atom stereocenters. The molecule has 6 heteroatoms. The summed E-state index contributed by atoms with van der Waals surface area (Å²) >= 11 is 6.40. The molecule has 1 unspecified atom stereocenters. The molecule has 3 rings (SSSR count). The molecule has 1 saturated heterocycles. The smallest absolute Gasteiger partial charge is 0.232 e. The number of piperidine rings is 1. The summed E-state index contributed by atoms with van der Waals surface area (Å²) in [6, 6.07) is 3.65. The van der Waals surface area contributed by atoms with Gasteiger partial charge < -0.3 is 14.5 Å². The van der Waals surface area contributed by atoms with Crippen LogP contribution in [0.25, 0.3) is 0 Å². The normalized spacial score (nSPS) is 20.3. The van der Waals surface area contributed by atoms with Gasteiger partial charge in [0.2, 0.25) is 11.8 Å². The number of fused-ring (bicyclic) bond motifs is 1. The first-order valence-electron chi connectivity index (χ1n) is 9.70. The molecule has 0 aromatic heterocycles. The zero-order chi connectivity index (χ0) is 19.8. The van der Waals surface area contributed by atoms with Crippen molar-refractivity contribution in [2.24, 2.45) is 11.3 Å². The van der Waals surface area contributed by atoms with Crippen molar-refractivity contribution in [1.29, 1.82) is 0 Å². The van der Waals surface area contributed by atoms with Crippen LogP contribution in [0.2, 0.25) is 5.02 Å². The summed E-state index contributed by atoms with van der Waals surface area (Å²) in [7, 11) is 1.62. The molecule has 2 aliphatic rings. The van der Waals surface area contributed by atoms with Gasteiger partial charge in [-0.15, -0.1) is 0 Å². The minimum atomic E-state index is -0.431. The maximum absolute atomic E-state index is 13.4. The molecular weight excluding hydrogens is 364 g/mol. The SMILES string of the molecule is COc1ccc(Cl)c2c1N(C(=O)C1CCCN(C(=O)C(C)(C)C)C1)CCC2. The highest BCUT2D eigenvalue weighted by molar-refractivity contribution is 6.32. The molecule has 27 heavy (non-hydrogen) atoms. The van der Waals surface area contributed by atoms with Crippen LogP contribution in [0.1, 0.15) is 45.6 Å². The number of likely N-dealkylation sites (tertiary alicyclic amines) is 1. The minimum Gasteiger partial charge on any atom is -0.495 e. The number of anilines is 1. The van der Waals surface area contributed by atoms with Gasteiger partial charge >= 0.3 is 0 Å². The van der Waals surface area contributed by atoms with E-state index >= 15 is 0 Å². The first kappa shape index (κ1) is 20.0. The van der Waals surface area contributed by atoms with Crippen LogP contribution in [0.3, 0.4) is 0 Å². The number of carbonyl (C=O) groups excluding carboxylic acids is 2. The van der Waals surface area contributed by atoms with Crippen LogP contribution in [-0.4, -0.2) is 43.5 Å². The van der Waals surface area contributed by atoms with Crippen molar-refractivity contribution in [1.82, 2.24) is 4.90 Å². The zero-order valence-electron chi connectivity index (χ0n) is 16.7. The van der Waals surface area contributed by atoms with E-state index in [9.17, 15) is 9.59 Å². The lowest BCUT2D eigenvalue weighted by atomic mass is 9.90. The van der Waals surface area contributed by atoms with Crippen molar-refractivity contribution < 1.29 is 14.3 Å². The Morgan fingerprint density at radius 2 is 1.93 bits per heavy atom. The Morgan fingerprint density at radius 1 is 1.19 bits per heavy atom. The predicted octanol–water partition coefficient (Wildman–Crippen LogP) is 3.91. The molecule has 0 aliphatic carbocycles. The van der Waals surface area contributed by atoms with E-state index in [1.54, 1.807) is 7.11 Å². The number of halogens is 1. The van der Waals surface area contributed by atoms with E-state index in [1.165, 1.54) is 0 Å². The second kappa shape index (κ2) is 7.70. The average Bonchev–Trinajstić information content (AvgIpc) is 2.66. The maximum atomic E-state index is 13.4. The van der Waals surface area contributed by atoms with Gasteiger partial charge in [0.15, 0.2) is 0 Å². The molecule has 5 nitrogen and oxygen atoms in total. The lowest BCUT2D eigenvalue weighted by molar-refractivity contribution is -0.142. The fourth-order valence-electron chi connectivity index (χ4n) is 4.09. The van der Waals surface area contributed by atoms with Crippen LogP contribution in [-0.2, 0) is 16.0 Å². The Balaban J connectivity index is 1.85. The van der Waals surface area contributed by atoms with Crippen molar-refractivity contribution in [3.05, 3.63) is 22.7 Å². The van der Waals surface area contributed by atoms with Crippen LogP contribution in [0.15, 0.2) is 12.1 Å². The molecule has 2 heterocycles. The van der Waals surface area contributed by atoms with Gasteiger partial charge in [0.1, 0.15) is 5.75 Å². The topological polar surface area (TPSA) is 49.9 Å². The van der Waals surface area contributed by atoms with Crippen molar-refractivity contribution in [2.45, 2.75) is 46.5 Å².